The van der Waals surface area contributed by atoms with Crippen molar-refractivity contribution in [1.82, 2.24) is 14.9 Å². The average molecular weight is 412 g/mol. The third-order valence-electron chi connectivity index (χ3n) is 4.66. The van der Waals surface area contributed by atoms with Gasteiger partial charge in [-0.1, -0.05) is 23.9 Å². The van der Waals surface area contributed by atoms with Crippen LogP contribution in [0.15, 0.2) is 53.7 Å². The molecule has 8 heteroatoms. The minimum Gasteiger partial charge on any atom is -0.496 e. The Morgan fingerprint density at radius 1 is 1.10 bits per heavy atom. The molecule has 1 heterocycles. The molecule has 3 rings (SSSR count). The van der Waals surface area contributed by atoms with Crippen molar-refractivity contribution in [2.75, 3.05) is 36.7 Å². The standard InChI is InChI=1S/C21H25N5O2S/c1-4-25(5-2)16-12-10-15(11-13-16)18(27)14-29-21-24-23-20(26(21)22)17-8-6-7-9-19(17)28-3/h6-13H,4-5,14,22H2,1-3H3. The van der Waals surface area contributed by atoms with Crippen LogP contribution in [-0.4, -0.2) is 46.6 Å². The van der Waals surface area contributed by atoms with E-state index in [1.165, 1.54) is 16.4 Å². The number of rotatable bonds is 9. The number of ether oxygens (including phenoxy) is 1. The molecular weight excluding hydrogens is 386 g/mol. The number of aromatic nitrogens is 3. The van der Waals surface area contributed by atoms with E-state index in [9.17, 15) is 4.79 Å². The molecule has 0 spiro atoms. The molecule has 0 bridgehead atoms. The maximum atomic E-state index is 12.6. The lowest BCUT2D eigenvalue weighted by molar-refractivity contribution is 0.102. The highest BCUT2D eigenvalue weighted by Crippen LogP contribution is 2.29. The molecule has 3 aromatic rings. The number of ketones is 1. The Morgan fingerprint density at radius 3 is 2.45 bits per heavy atom. The van der Waals surface area contributed by atoms with Gasteiger partial charge in [-0.05, 0) is 50.2 Å². The number of hydrogen-bond acceptors (Lipinski definition) is 7. The lowest BCUT2D eigenvalue weighted by Crippen LogP contribution is -2.21. The largest absolute Gasteiger partial charge is 0.496 e. The Kier molecular flexibility index (Phi) is 6.77. The summed E-state index contributed by atoms with van der Waals surface area (Å²) in [7, 11) is 1.59. The highest BCUT2D eigenvalue weighted by atomic mass is 32.2. The molecule has 0 atom stereocenters. The first kappa shape index (κ1) is 20.7. The van der Waals surface area contributed by atoms with Crippen molar-refractivity contribution in [2.24, 2.45) is 0 Å². The van der Waals surface area contributed by atoms with Crippen LogP contribution < -0.4 is 15.5 Å². The summed E-state index contributed by atoms with van der Waals surface area (Å²) in [6.45, 7) is 6.09. The van der Waals surface area contributed by atoms with Gasteiger partial charge in [0.25, 0.3) is 0 Å². The third-order valence-corrected chi connectivity index (χ3v) is 5.61. The predicted molar refractivity (Wildman–Crippen MR) is 117 cm³/mol. The molecule has 152 valence electrons. The van der Waals surface area contributed by atoms with Crippen LogP contribution in [-0.2, 0) is 0 Å². The van der Waals surface area contributed by atoms with Gasteiger partial charge in [-0.25, -0.2) is 4.68 Å². The molecule has 2 aromatic carbocycles. The van der Waals surface area contributed by atoms with Crippen molar-refractivity contribution in [3.63, 3.8) is 0 Å². The number of thioether (sulfide) groups is 1. The summed E-state index contributed by atoms with van der Waals surface area (Å²) < 4.78 is 6.75. The van der Waals surface area contributed by atoms with E-state index in [1.54, 1.807) is 7.11 Å². The molecule has 0 fully saturated rings. The zero-order valence-corrected chi connectivity index (χ0v) is 17.6. The number of methoxy groups -OCH3 is 1. The summed E-state index contributed by atoms with van der Waals surface area (Å²) in [6, 6.07) is 15.1. The number of para-hydroxylation sites is 1. The Hall–Kier alpha value is -3.00. The second-order valence-corrected chi connectivity index (χ2v) is 7.25. The number of hydrogen-bond donors (Lipinski definition) is 1. The van der Waals surface area contributed by atoms with E-state index in [2.05, 4.69) is 28.9 Å². The van der Waals surface area contributed by atoms with Crippen LogP contribution >= 0.6 is 11.8 Å². The lowest BCUT2D eigenvalue weighted by Gasteiger charge is -2.20. The van der Waals surface area contributed by atoms with Crippen molar-refractivity contribution in [3.8, 4) is 17.1 Å². The highest BCUT2D eigenvalue weighted by Gasteiger charge is 2.17. The third kappa shape index (κ3) is 4.54. The highest BCUT2D eigenvalue weighted by molar-refractivity contribution is 7.99. The molecule has 0 unspecified atom stereocenters. The molecule has 0 aliphatic heterocycles. The second-order valence-electron chi connectivity index (χ2n) is 6.31. The van der Waals surface area contributed by atoms with Crippen LogP contribution in [0.3, 0.4) is 0 Å². The van der Waals surface area contributed by atoms with Gasteiger partial charge in [-0.2, -0.15) is 0 Å². The van der Waals surface area contributed by atoms with Gasteiger partial charge >= 0.3 is 0 Å². The van der Waals surface area contributed by atoms with Gasteiger partial charge in [0.2, 0.25) is 5.16 Å². The van der Waals surface area contributed by atoms with Gasteiger partial charge in [0.05, 0.1) is 18.4 Å². The van der Waals surface area contributed by atoms with E-state index in [0.29, 0.717) is 22.3 Å². The zero-order valence-electron chi connectivity index (χ0n) is 16.8. The fourth-order valence-electron chi connectivity index (χ4n) is 3.05. The number of carbonyl (C=O) groups excluding carboxylic acids is 1. The van der Waals surface area contributed by atoms with Gasteiger partial charge in [-0.3, -0.25) is 4.79 Å². The summed E-state index contributed by atoms with van der Waals surface area (Å²) >= 11 is 1.26. The summed E-state index contributed by atoms with van der Waals surface area (Å²) in [5, 5.41) is 8.77. The van der Waals surface area contributed by atoms with E-state index >= 15 is 0 Å². The number of anilines is 1. The van der Waals surface area contributed by atoms with Gasteiger partial charge < -0.3 is 15.5 Å². The topological polar surface area (TPSA) is 86.3 Å². The number of Topliss-reactive ketones (excluding diaryl/α,β-unsaturated/α-hetero) is 1. The van der Waals surface area contributed by atoms with E-state index in [4.69, 9.17) is 10.6 Å². The van der Waals surface area contributed by atoms with E-state index in [-0.39, 0.29) is 11.5 Å². The van der Waals surface area contributed by atoms with Crippen molar-refractivity contribution in [1.29, 1.82) is 0 Å². The van der Waals surface area contributed by atoms with Crippen molar-refractivity contribution in [3.05, 3.63) is 54.1 Å². The van der Waals surface area contributed by atoms with Crippen LogP contribution in [0.5, 0.6) is 5.75 Å². The Balaban J connectivity index is 1.69. The molecule has 7 nitrogen and oxygen atoms in total. The van der Waals surface area contributed by atoms with Crippen LogP contribution in [0.1, 0.15) is 24.2 Å². The first-order valence-electron chi connectivity index (χ1n) is 9.43. The first-order valence-corrected chi connectivity index (χ1v) is 10.4. The molecule has 0 radical (unpaired) electrons. The monoisotopic (exact) mass is 411 g/mol. The Morgan fingerprint density at radius 2 is 1.79 bits per heavy atom. The van der Waals surface area contributed by atoms with Crippen LogP contribution in [0.25, 0.3) is 11.4 Å². The van der Waals surface area contributed by atoms with Gasteiger partial charge in [0, 0.05) is 24.3 Å². The molecule has 1 aromatic heterocycles. The fraction of sp³-hybridized carbons (Fsp3) is 0.286. The Labute approximate surface area is 174 Å². The molecule has 0 amide bonds. The summed E-state index contributed by atoms with van der Waals surface area (Å²) in [5.41, 5.74) is 2.53. The molecule has 0 aliphatic rings. The SMILES string of the molecule is CCN(CC)c1ccc(C(=O)CSc2nnc(-c3ccccc3OC)n2N)cc1. The second kappa shape index (κ2) is 9.47. The molecule has 0 aliphatic carbocycles. The van der Waals surface area contributed by atoms with Crippen LogP contribution in [0.2, 0.25) is 0 Å². The van der Waals surface area contributed by atoms with Gasteiger partial charge in [-0.15, -0.1) is 10.2 Å². The first-order chi connectivity index (χ1) is 14.1. The van der Waals surface area contributed by atoms with Crippen molar-refractivity contribution in [2.45, 2.75) is 19.0 Å². The number of nitrogens with zero attached hydrogens (tertiary/aromatic N) is 4. The smallest absolute Gasteiger partial charge is 0.210 e. The number of carbonyl (C=O) groups is 1. The lowest BCUT2D eigenvalue weighted by atomic mass is 10.1. The van der Waals surface area contributed by atoms with Crippen LogP contribution in [0.4, 0.5) is 5.69 Å². The molecule has 2 N–H and O–H groups in total. The number of benzene rings is 2. The van der Waals surface area contributed by atoms with E-state index in [1.807, 2.05) is 48.5 Å². The Bertz CT molecular complexity index is 967. The minimum atomic E-state index is 0.0166. The summed E-state index contributed by atoms with van der Waals surface area (Å²) in [4.78, 5) is 14.8. The summed E-state index contributed by atoms with van der Waals surface area (Å²) in [5.74, 6) is 7.56. The molecule has 0 saturated heterocycles. The van der Waals surface area contributed by atoms with Crippen LogP contribution in [0, 0.1) is 0 Å². The number of nitrogens with two attached hydrogens (primary N) is 1. The minimum absolute atomic E-state index is 0.0166. The average Bonchev–Trinajstić information content (AvgIpc) is 3.13. The maximum absolute atomic E-state index is 12.6. The van der Waals surface area contributed by atoms with Gasteiger partial charge in [0.1, 0.15) is 5.75 Å². The molecule has 0 saturated carbocycles. The maximum Gasteiger partial charge on any atom is 0.210 e. The van der Waals surface area contributed by atoms with Crippen molar-refractivity contribution >= 4 is 23.2 Å². The zero-order chi connectivity index (χ0) is 20.8. The number of nitrogen functional groups attached to an aromatic ring is 1. The molecule has 29 heavy (non-hydrogen) atoms. The van der Waals surface area contributed by atoms with Crippen molar-refractivity contribution < 1.29 is 9.53 Å². The summed E-state index contributed by atoms with van der Waals surface area (Å²) in [6.07, 6.45) is 0. The predicted octanol–water partition coefficient (Wildman–Crippen LogP) is 3.49. The fourth-order valence-corrected chi connectivity index (χ4v) is 3.80. The van der Waals surface area contributed by atoms with Gasteiger partial charge in [0.15, 0.2) is 11.6 Å². The molecular formula is C21H25N5O2S. The van der Waals surface area contributed by atoms with E-state index < -0.39 is 0 Å². The quantitative estimate of drug-likeness (QED) is 0.328. The normalized spacial score (nSPS) is 10.7. The van der Waals surface area contributed by atoms with E-state index in [0.717, 1.165) is 24.3 Å².